The number of hydrogen-bond acceptors (Lipinski definition) is 4. The Hall–Kier alpha value is -6.85. The summed E-state index contributed by atoms with van der Waals surface area (Å²) in [5.74, 6) is 1.79. The summed E-state index contributed by atoms with van der Waals surface area (Å²) in [5, 5.41) is 4.35. The predicted molar refractivity (Wildman–Crippen MR) is 203 cm³/mol. The predicted octanol–water partition coefficient (Wildman–Crippen LogP) is 11.5. The molecule has 10 aromatic rings. The summed E-state index contributed by atoms with van der Waals surface area (Å²) >= 11 is 0. The highest BCUT2D eigenvalue weighted by molar-refractivity contribution is 6.22. The van der Waals surface area contributed by atoms with Gasteiger partial charge in [-0.05, 0) is 47.5 Å². The van der Waals surface area contributed by atoms with Crippen molar-refractivity contribution in [1.82, 2.24) is 19.5 Å². The maximum absolute atomic E-state index is 7.03. The van der Waals surface area contributed by atoms with Crippen molar-refractivity contribution in [2.45, 2.75) is 0 Å². The van der Waals surface area contributed by atoms with Crippen molar-refractivity contribution in [3.05, 3.63) is 170 Å². The molecule has 234 valence electrons. The molecule has 3 aromatic heterocycles. The van der Waals surface area contributed by atoms with Crippen LogP contribution in [0.25, 0.3) is 94.7 Å². The molecule has 0 spiro atoms. The number of para-hydroxylation sites is 2. The van der Waals surface area contributed by atoms with Crippen LogP contribution in [0.15, 0.2) is 174 Å². The summed E-state index contributed by atoms with van der Waals surface area (Å²) in [5.41, 5.74) is 9.83. The standard InChI is InChI=1S/C45H28N4O/c1-5-14-29(15-6-1)32-24-27-39-38(28-32)34-25-26-36-35-22-13-23-37(41(35)50-42(36)40(34)49(39)33-20-11-4-12-21-33)45-47-43(30-16-7-2-8-17-30)46-44(48-45)31-18-9-3-10-19-31/h1-28H. The number of hydrogen-bond donors (Lipinski definition) is 0. The highest BCUT2D eigenvalue weighted by Crippen LogP contribution is 2.43. The van der Waals surface area contributed by atoms with E-state index in [-0.39, 0.29) is 0 Å². The molecule has 0 bridgehead atoms. The van der Waals surface area contributed by atoms with Crippen molar-refractivity contribution in [1.29, 1.82) is 0 Å². The summed E-state index contributed by atoms with van der Waals surface area (Å²) in [6.07, 6.45) is 0. The second-order valence-corrected chi connectivity index (χ2v) is 12.4. The quantitative estimate of drug-likeness (QED) is 0.188. The van der Waals surface area contributed by atoms with E-state index in [9.17, 15) is 0 Å². The first-order valence-corrected chi connectivity index (χ1v) is 16.7. The van der Waals surface area contributed by atoms with Gasteiger partial charge in [-0.3, -0.25) is 0 Å². The fraction of sp³-hybridized carbons (Fsp3) is 0. The van der Waals surface area contributed by atoms with Crippen molar-refractivity contribution < 1.29 is 4.42 Å². The minimum Gasteiger partial charge on any atom is -0.453 e. The fourth-order valence-corrected chi connectivity index (χ4v) is 7.11. The van der Waals surface area contributed by atoms with Gasteiger partial charge in [0, 0.05) is 38.4 Å². The Balaban J connectivity index is 1.26. The maximum atomic E-state index is 7.03. The molecule has 0 aliphatic carbocycles. The van der Waals surface area contributed by atoms with Gasteiger partial charge in [0.1, 0.15) is 5.58 Å². The molecule has 0 unspecified atom stereocenters. The van der Waals surface area contributed by atoms with Crippen molar-refractivity contribution >= 4 is 43.7 Å². The first-order valence-electron chi connectivity index (χ1n) is 16.7. The monoisotopic (exact) mass is 640 g/mol. The molecule has 0 N–H and O–H groups in total. The molecule has 5 heteroatoms. The van der Waals surface area contributed by atoms with Crippen molar-refractivity contribution in [2.75, 3.05) is 0 Å². The Labute approximate surface area is 287 Å². The second kappa shape index (κ2) is 11.4. The number of aromatic nitrogens is 4. The third-order valence-electron chi connectivity index (χ3n) is 9.45. The Morgan fingerprint density at radius 2 is 0.940 bits per heavy atom. The van der Waals surface area contributed by atoms with Crippen LogP contribution in [0.1, 0.15) is 0 Å². The van der Waals surface area contributed by atoms with Crippen LogP contribution in [0.4, 0.5) is 0 Å². The van der Waals surface area contributed by atoms with E-state index in [0.29, 0.717) is 17.5 Å². The van der Waals surface area contributed by atoms with Crippen LogP contribution in [-0.2, 0) is 0 Å². The van der Waals surface area contributed by atoms with E-state index in [1.54, 1.807) is 0 Å². The molecule has 0 aliphatic heterocycles. The third-order valence-corrected chi connectivity index (χ3v) is 9.45. The van der Waals surface area contributed by atoms with Crippen molar-refractivity contribution in [3.63, 3.8) is 0 Å². The molecule has 0 amide bonds. The van der Waals surface area contributed by atoms with E-state index in [4.69, 9.17) is 19.4 Å². The van der Waals surface area contributed by atoms with Crippen LogP contribution in [-0.4, -0.2) is 19.5 Å². The van der Waals surface area contributed by atoms with Crippen LogP contribution in [0.2, 0.25) is 0 Å². The van der Waals surface area contributed by atoms with E-state index in [1.165, 1.54) is 16.5 Å². The summed E-state index contributed by atoms with van der Waals surface area (Å²) in [6.45, 7) is 0. The zero-order valence-electron chi connectivity index (χ0n) is 26.9. The van der Waals surface area contributed by atoms with Crippen molar-refractivity contribution in [3.8, 4) is 51.0 Å². The van der Waals surface area contributed by atoms with E-state index in [1.807, 2.05) is 66.7 Å². The number of nitrogens with zero attached hydrogens (tertiary/aromatic N) is 4. The van der Waals surface area contributed by atoms with Crippen LogP contribution in [0, 0.1) is 0 Å². The number of fused-ring (bicyclic) bond motifs is 7. The fourth-order valence-electron chi connectivity index (χ4n) is 7.11. The zero-order valence-corrected chi connectivity index (χ0v) is 26.9. The van der Waals surface area contributed by atoms with E-state index < -0.39 is 0 Å². The van der Waals surface area contributed by atoms with E-state index in [0.717, 1.165) is 60.7 Å². The molecular formula is C45H28N4O. The Morgan fingerprint density at radius 3 is 1.60 bits per heavy atom. The third kappa shape index (κ3) is 4.52. The minimum atomic E-state index is 0.565. The van der Waals surface area contributed by atoms with Gasteiger partial charge in [-0.15, -0.1) is 0 Å². The average molecular weight is 641 g/mol. The van der Waals surface area contributed by atoms with Gasteiger partial charge in [0.15, 0.2) is 23.1 Å². The number of rotatable bonds is 5. The largest absolute Gasteiger partial charge is 0.453 e. The molecule has 0 radical (unpaired) electrons. The molecule has 0 atom stereocenters. The topological polar surface area (TPSA) is 56.7 Å². The molecule has 5 nitrogen and oxygen atoms in total. The number of benzene rings is 7. The van der Waals surface area contributed by atoms with Gasteiger partial charge in [0.2, 0.25) is 0 Å². The molecule has 0 fully saturated rings. The summed E-state index contributed by atoms with van der Waals surface area (Å²) in [4.78, 5) is 15.0. The van der Waals surface area contributed by atoms with Gasteiger partial charge in [-0.25, -0.2) is 15.0 Å². The summed E-state index contributed by atoms with van der Waals surface area (Å²) < 4.78 is 9.35. The SMILES string of the molecule is c1ccc(-c2ccc3c(c2)c2ccc4c5cccc(-c6nc(-c7ccccc7)nc(-c7ccccc7)n6)c5oc4c2n3-c2ccccc2)cc1. The Morgan fingerprint density at radius 1 is 0.380 bits per heavy atom. The summed E-state index contributed by atoms with van der Waals surface area (Å²) in [6, 6.07) is 58.5. The van der Waals surface area contributed by atoms with Gasteiger partial charge < -0.3 is 8.98 Å². The van der Waals surface area contributed by atoms with E-state index >= 15 is 0 Å². The lowest BCUT2D eigenvalue weighted by molar-refractivity contribution is 0.671. The highest BCUT2D eigenvalue weighted by Gasteiger charge is 2.22. The number of furan rings is 1. The molecule has 0 aliphatic rings. The lowest BCUT2D eigenvalue weighted by atomic mass is 10.0. The molecule has 0 saturated heterocycles. The first kappa shape index (κ1) is 28.2. The molecule has 10 rings (SSSR count). The molecular weight excluding hydrogens is 613 g/mol. The molecule has 0 saturated carbocycles. The second-order valence-electron chi connectivity index (χ2n) is 12.4. The van der Waals surface area contributed by atoms with Gasteiger partial charge >= 0.3 is 0 Å². The first-order chi connectivity index (χ1) is 24.8. The van der Waals surface area contributed by atoms with Gasteiger partial charge in [0.05, 0.1) is 16.6 Å². The van der Waals surface area contributed by atoms with Crippen molar-refractivity contribution in [2.24, 2.45) is 0 Å². The molecule has 3 heterocycles. The van der Waals surface area contributed by atoms with E-state index in [2.05, 4.69) is 108 Å². The minimum absolute atomic E-state index is 0.565. The van der Waals surface area contributed by atoms with Gasteiger partial charge in [-0.2, -0.15) is 0 Å². The van der Waals surface area contributed by atoms with Gasteiger partial charge in [-0.1, -0.05) is 133 Å². The highest BCUT2D eigenvalue weighted by atomic mass is 16.3. The Kier molecular flexibility index (Phi) is 6.42. The Bertz CT molecular complexity index is 2780. The van der Waals surface area contributed by atoms with Crippen LogP contribution < -0.4 is 0 Å². The zero-order chi connectivity index (χ0) is 33.0. The van der Waals surface area contributed by atoms with Gasteiger partial charge in [0.25, 0.3) is 0 Å². The lowest BCUT2D eigenvalue weighted by Crippen LogP contribution is -2.00. The van der Waals surface area contributed by atoms with Crippen LogP contribution in [0.3, 0.4) is 0 Å². The van der Waals surface area contributed by atoms with Crippen LogP contribution >= 0.6 is 0 Å². The molecule has 7 aromatic carbocycles. The normalized spacial score (nSPS) is 11.6. The van der Waals surface area contributed by atoms with Crippen LogP contribution in [0.5, 0.6) is 0 Å². The lowest BCUT2D eigenvalue weighted by Gasteiger charge is -2.09. The summed E-state index contributed by atoms with van der Waals surface area (Å²) in [7, 11) is 0. The average Bonchev–Trinajstić information content (AvgIpc) is 3.75. The molecule has 50 heavy (non-hydrogen) atoms. The smallest absolute Gasteiger partial charge is 0.167 e. The maximum Gasteiger partial charge on any atom is 0.167 e.